The van der Waals surface area contributed by atoms with Crippen LogP contribution in [0.4, 0.5) is 5.95 Å². The van der Waals surface area contributed by atoms with Crippen LogP contribution in [0, 0.1) is 0 Å². The van der Waals surface area contributed by atoms with E-state index in [0.29, 0.717) is 25.5 Å². The number of ether oxygens (including phenoxy) is 1. The first-order chi connectivity index (χ1) is 13.8. The molecule has 6 nitrogen and oxygen atoms in total. The van der Waals surface area contributed by atoms with Crippen molar-refractivity contribution in [1.82, 2.24) is 14.5 Å². The highest BCUT2D eigenvalue weighted by Crippen LogP contribution is 2.31. The van der Waals surface area contributed by atoms with E-state index < -0.39 is 0 Å². The summed E-state index contributed by atoms with van der Waals surface area (Å²) in [6, 6.07) is 12.3. The number of nitrogens with zero attached hydrogens (tertiary/aromatic N) is 3. The fourth-order valence-electron chi connectivity index (χ4n) is 3.97. The maximum atomic E-state index is 13.4. The molecule has 1 aliphatic rings. The van der Waals surface area contributed by atoms with Crippen molar-refractivity contribution in [1.29, 1.82) is 0 Å². The number of methoxy groups -OCH3 is 1. The van der Waals surface area contributed by atoms with Gasteiger partial charge < -0.3 is 10.1 Å². The smallest absolute Gasteiger partial charge is 0.256 e. The summed E-state index contributed by atoms with van der Waals surface area (Å²) in [6.45, 7) is 1.20. The lowest BCUT2D eigenvalue weighted by Gasteiger charge is -2.18. The summed E-state index contributed by atoms with van der Waals surface area (Å²) in [7, 11) is 1.66. The molecule has 2 heterocycles. The van der Waals surface area contributed by atoms with Crippen LogP contribution in [0.5, 0.6) is 0 Å². The minimum atomic E-state index is 0.0739. The molecule has 28 heavy (non-hydrogen) atoms. The molecule has 1 fully saturated rings. The highest BCUT2D eigenvalue weighted by Gasteiger charge is 2.22. The summed E-state index contributed by atoms with van der Waals surface area (Å²) >= 11 is 0. The average Bonchev–Trinajstić information content (AvgIpc) is 3.24. The Morgan fingerprint density at radius 2 is 2.00 bits per heavy atom. The molecule has 0 spiro atoms. The zero-order valence-electron chi connectivity index (χ0n) is 16.2. The van der Waals surface area contributed by atoms with Gasteiger partial charge in [0.15, 0.2) is 0 Å². The first-order valence-electron chi connectivity index (χ1n) is 9.94. The summed E-state index contributed by atoms with van der Waals surface area (Å²) in [4.78, 5) is 22.5. The second-order valence-corrected chi connectivity index (χ2v) is 7.34. The monoisotopic (exact) mass is 378 g/mol. The van der Waals surface area contributed by atoms with Gasteiger partial charge in [-0.25, -0.2) is 4.98 Å². The van der Waals surface area contributed by atoms with Crippen molar-refractivity contribution in [2.45, 2.75) is 38.1 Å². The van der Waals surface area contributed by atoms with Gasteiger partial charge in [0, 0.05) is 43.3 Å². The van der Waals surface area contributed by atoms with E-state index in [-0.39, 0.29) is 11.6 Å². The summed E-state index contributed by atoms with van der Waals surface area (Å²) in [5.74, 6) is 0.534. The SMILES string of the molecule is COCCNc1ncc2cc(Cc3ccccc3)c(=O)n(C3CCCC3)c2n1. The quantitative estimate of drug-likeness (QED) is 0.637. The number of nitrogens with one attached hydrogen (secondary N) is 1. The minimum absolute atomic E-state index is 0.0739. The van der Waals surface area contributed by atoms with Gasteiger partial charge in [-0.3, -0.25) is 9.36 Å². The van der Waals surface area contributed by atoms with Gasteiger partial charge in [0.05, 0.1) is 6.61 Å². The lowest BCUT2D eigenvalue weighted by molar-refractivity contribution is 0.210. The molecule has 0 atom stereocenters. The van der Waals surface area contributed by atoms with E-state index in [1.165, 1.54) is 0 Å². The normalized spacial score (nSPS) is 14.6. The number of rotatable bonds is 7. The van der Waals surface area contributed by atoms with Crippen molar-refractivity contribution in [2.75, 3.05) is 25.6 Å². The Bertz CT molecular complexity index is 995. The molecule has 0 saturated heterocycles. The standard InChI is InChI=1S/C22H26N4O2/c1-28-12-11-23-22-24-15-18-14-17(13-16-7-3-2-4-8-16)21(27)26(20(18)25-22)19-9-5-6-10-19/h2-4,7-8,14-15,19H,5-6,9-13H2,1H3,(H,23,24,25). The van der Waals surface area contributed by atoms with Crippen molar-refractivity contribution in [3.8, 4) is 0 Å². The van der Waals surface area contributed by atoms with E-state index in [2.05, 4.69) is 27.4 Å². The van der Waals surface area contributed by atoms with Crippen LogP contribution in [0.15, 0.2) is 47.4 Å². The highest BCUT2D eigenvalue weighted by molar-refractivity contribution is 5.76. The number of hydrogen-bond acceptors (Lipinski definition) is 5. The number of anilines is 1. The summed E-state index contributed by atoms with van der Waals surface area (Å²) < 4.78 is 6.99. The van der Waals surface area contributed by atoms with E-state index in [1.807, 2.05) is 35.0 Å². The summed E-state index contributed by atoms with van der Waals surface area (Å²) in [5, 5.41) is 4.08. The van der Waals surface area contributed by atoms with Crippen LogP contribution in [0.25, 0.3) is 11.0 Å². The van der Waals surface area contributed by atoms with E-state index in [1.54, 1.807) is 7.11 Å². The van der Waals surface area contributed by atoms with Crippen molar-refractivity contribution < 1.29 is 4.74 Å². The van der Waals surface area contributed by atoms with Crippen molar-refractivity contribution in [2.24, 2.45) is 0 Å². The summed E-state index contributed by atoms with van der Waals surface area (Å²) in [5.41, 5.74) is 2.73. The first-order valence-corrected chi connectivity index (χ1v) is 9.94. The van der Waals surface area contributed by atoms with E-state index >= 15 is 0 Å². The zero-order valence-corrected chi connectivity index (χ0v) is 16.2. The Labute approximate surface area is 164 Å². The molecule has 1 aliphatic carbocycles. The van der Waals surface area contributed by atoms with Gasteiger partial charge in [-0.05, 0) is 24.5 Å². The highest BCUT2D eigenvalue weighted by atomic mass is 16.5. The van der Waals surface area contributed by atoms with Crippen molar-refractivity contribution in [3.63, 3.8) is 0 Å². The van der Waals surface area contributed by atoms with Crippen LogP contribution in [0.3, 0.4) is 0 Å². The molecule has 1 N–H and O–H groups in total. The lowest BCUT2D eigenvalue weighted by Crippen LogP contribution is -2.28. The van der Waals surface area contributed by atoms with Gasteiger partial charge in [-0.2, -0.15) is 4.98 Å². The van der Waals surface area contributed by atoms with Crippen molar-refractivity contribution in [3.05, 3.63) is 64.1 Å². The van der Waals surface area contributed by atoms with Crippen LogP contribution >= 0.6 is 0 Å². The van der Waals surface area contributed by atoms with Crippen LogP contribution < -0.4 is 10.9 Å². The fourth-order valence-corrected chi connectivity index (χ4v) is 3.97. The molecule has 1 aromatic carbocycles. The Kier molecular flexibility index (Phi) is 5.67. The molecule has 0 bridgehead atoms. The molecule has 3 aromatic rings. The fraction of sp³-hybridized carbons (Fsp3) is 0.409. The van der Waals surface area contributed by atoms with E-state index in [0.717, 1.165) is 47.8 Å². The Morgan fingerprint density at radius 1 is 1.21 bits per heavy atom. The predicted octanol–water partition coefficient (Wildman–Crippen LogP) is 3.56. The maximum Gasteiger partial charge on any atom is 0.256 e. The van der Waals surface area contributed by atoms with Gasteiger partial charge in [0.2, 0.25) is 5.95 Å². The topological polar surface area (TPSA) is 69.0 Å². The minimum Gasteiger partial charge on any atom is -0.383 e. The predicted molar refractivity (Wildman–Crippen MR) is 111 cm³/mol. The van der Waals surface area contributed by atoms with E-state index in [9.17, 15) is 4.79 Å². The Morgan fingerprint density at radius 3 is 2.75 bits per heavy atom. The number of pyridine rings is 1. The number of aromatic nitrogens is 3. The molecule has 1 saturated carbocycles. The average molecular weight is 378 g/mol. The third-order valence-electron chi connectivity index (χ3n) is 5.36. The van der Waals surface area contributed by atoms with Crippen LogP contribution in [0.1, 0.15) is 42.9 Å². The van der Waals surface area contributed by atoms with Gasteiger partial charge in [-0.15, -0.1) is 0 Å². The molecule has 6 heteroatoms. The molecule has 0 radical (unpaired) electrons. The number of benzene rings is 1. The molecule has 2 aromatic heterocycles. The molecule has 146 valence electrons. The second-order valence-electron chi connectivity index (χ2n) is 7.34. The molecule has 0 aliphatic heterocycles. The molecular formula is C22H26N4O2. The van der Waals surface area contributed by atoms with Crippen molar-refractivity contribution >= 4 is 17.0 Å². The van der Waals surface area contributed by atoms with Crippen LogP contribution in [-0.4, -0.2) is 34.8 Å². The molecule has 0 unspecified atom stereocenters. The molecular weight excluding hydrogens is 352 g/mol. The maximum absolute atomic E-state index is 13.4. The molecule has 4 rings (SSSR count). The van der Waals surface area contributed by atoms with Crippen LogP contribution in [-0.2, 0) is 11.2 Å². The zero-order chi connectivity index (χ0) is 19.3. The molecule has 0 amide bonds. The second kappa shape index (κ2) is 8.52. The number of fused-ring (bicyclic) bond motifs is 1. The Hall–Kier alpha value is -2.73. The van der Waals surface area contributed by atoms with Crippen LogP contribution in [0.2, 0.25) is 0 Å². The third kappa shape index (κ3) is 3.92. The third-order valence-corrected chi connectivity index (χ3v) is 5.36. The van der Waals surface area contributed by atoms with Gasteiger partial charge in [-0.1, -0.05) is 43.2 Å². The van der Waals surface area contributed by atoms with Gasteiger partial charge in [0.1, 0.15) is 5.65 Å². The lowest BCUT2D eigenvalue weighted by atomic mass is 10.0. The number of hydrogen-bond donors (Lipinski definition) is 1. The summed E-state index contributed by atoms with van der Waals surface area (Å²) in [6.07, 6.45) is 6.81. The Balaban J connectivity index is 1.78. The van der Waals surface area contributed by atoms with Gasteiger partial charge >= 0.3 is 0 Å². The largest absolute Gasteiger partial charge is 0.383 e. The van der Waals surface area contributed by atoms with Gasteiger partial charge in [0.25, 0.3) is 5.56 Å². The van der Waals surface area contributed by atoms with E-state index in [4.69, 9.17) is 4.74 Å². The first kappa shape index (κ1) is 18.6.